The van der Waals surface area contributed by atoms with E-state index in [2.05, 4.69) is 10.3 Å². The number of nitrogens with one attached hydrogen (secondary N) is 1. The summed E-state index contributed by atoms with van der Waals surface area (Å²) in [7, 11) is 1.80. The Morgan fingerprint density at radius 1 is 1.73 bits per heavy atom. The molecule has 1 aromatic heterocycles. The number of carbonyl (C=O) groups is 1. The van der Waals surface area contributed by atoms with Crippen molar-refractivity contribution in [2.45, 2.75) is 25.6 Å². The lowest BCUT2D eigenvalue weighted by molar-refractivity contribution is -0.140. The second-order valence-electron chi connectivity index (χ2n) is 3.43. The third-order valence-electron chi connectivity index (χ3n) is 2.07. The zero-order chi connectivity index (χ0) is 11.4. The fourth-order valence-electron chi connectivity index (χ4n) is 1.30. The van der Waals surface area contributed by atoms with Gasteiger partial charge in [-0.3, -0.25) is 10.1 Å². The Kier molecular flexibility index (Phi) is 3.81. The number of aliphatic hydroxyl groups excluding tert-OH is 1. The fraction of sp³-hybridized carbons (Fsp3) is 0.556. The van der Waals surface area contributed by atoms with Gasteiger partial charge in [0, 0.05) is 25.4 Å². The SMILES string of the molecule is CC(O)N[C@@H](Cc1cncn1C)C(=O)O. The van der Waals surface area contributed by atoms with Gasteiger partial charge in [0.1, 0.15) is 12.3 Å². The molecule has 0 aliphatic rings. The van der Waals surface area contributed by atoms with Crippen LogP contribution in [0.3, 0.4) is 0 Å². The van der Waals surface area contributed by atoms with Gasteiger partial charge in [0.05, 0.1) is 6.33 Å². The Labute approximate surface area is 87.6 Å². The van der Waals surface area contributed by atoms with E-state index in [-0.39, 0.29) is 6.42 Å². The molecule has 0 fully saturated rings. The van der Waals surface area contributed by atoms with Crippen molar-refractivity contribution >= 4 is 5.97 Å². The van der Waals surface area contributed by atoms with Gasteiger partial charge >= 0.3 is 5.97 Å². The summed E-state index contributed by atoms with van der Waals surface area (Å²) in [4.78, 5) is 14.8. The van der Waals surface area contributed by atoms with Crippen LogP contribution in [0.15, 0.2) is 12.5 Å². The van der Waals surface area contributed by atoms with Crippen LogP contribution >= 0.6 is 0 Å². The molecule has 0 radical (unpaired) electrons. The number of aliphatic hydroxyl groups is 1. The Morgan fingerprint density at radius 2 is 2.40 bits per heavy atom. The summed E-state index contributed by atoms with van der Waals surface area (Å²) in [6, 6.07) is -0.805. The lowest BCUT2D eigenvalue weighted by atomic mass is 10.1. The van der Waals surface area contributed by atoms with E-state index >= 15 is 0 Å². The molecular formula is C9H15N3O3. The fourth-order valence-corrected chi connectivity index (χ4v) is 1.30. The lowest BCUT2D eigenvalue weighted by Crippen LogP contribution is -2.43. The summed E-state index contributed by atoms with van der Waals surface area (Å²) in [6.45, 7) is 1.49. The number of rotatable bonds is 5. The van der Waals surface area contributed by atoms with E-state index in [4.69, 9.17) is 10.2 Å². The average Bonchev–Trinajstić information content (AvgIpc) is 2.50. The van der Waals surface area contributed by atoms with Gasteiger partial charge in [-0.1, -0.05) is 0 Å². The predicted octanol–water partition coefficient (Wildman–Crippen LogP) is -0.656. The first kappa shape index (κ1) is 11.7. The molecule has 2 atom stereocenters. The van der Waals surface area contributed by atoms with Crippen LogP contribution in [-0.4, -0.2) is 38.0 Å². The summed E-state index contributed by atoms with van der Waals surface area (Å²) in [5.41, 5.74) is 0.801. The molecule has 0 bridgehead atoms. The topological polar surface area (TPSA) is 87.4 Å². The number of aliphatic carboxylic acids is 1. The summed E-state index contributed by atoms with van der Waals surface area (Å²) >= 11 is 0. The van der Waals surface area contributed by atoms with Crippen molar-refractivity contribution in [3.8, 4) is 0 Å². The first-order valence-corrected chi connectivity index (χ1v) is 4.63. The van der Waals surface area contributed by atoms with E-state index in [1.807, 2.05) is 0 Å². The first-order chi connectivity index (χ1) is 7.00. The second kappa shape index (κ2) is 4.90. The summed E-state index contributed by atoms with van der Waals surface area (Å²) in [5, 5.41) is 20.5. The molecule has 6 nitrogen and oxygen atoms in total. The van der Waals surface area contributed by atoms with Gasteiger partial charge < -0.3 is 14.8 Å². The average molecular weight is 213 g/mol. The highest BCUT2D eigenvalue weighted by atomic mass is 16.4. The maximum Gasteiger partial charge on any atom is 0.321 e. The van der Waals surface area contributed by atoms with E-state index in [1.165, 1.54) is 6.92 Å². The maximum atomic E-state index is 10.9. The minimum absolute atomic E-state index is 0.288. The number of nitrogens with zero attached hydrogens (tertiary/aromatic N) is 2. The van der Waals surface area contributed by atoms with Gasteiger partial charge in [-0.2, -0.15) is 0 Å². The smallest absolute Gasteiger partial charge is 0.321 e. The third-order valence-corrected chi connectivity index (χ3v) is 2.07. The number of imidazole rings is 1. The first-order valence-electron chi connectivity index (χ1n) is 4.63. The molecule has 0 saturated carbocycles. The van der Waals surface area contributed by atoms with Crippen molar-refractivity contribution in [3.63, 3.8) is 0 Å². The summed E-state index contributed by atoms with van der Waals surface area (Å²) in [6.07, 6.45) is 2.66. The third kappa shape index (κ3) is 3.34. The molecule has 84 valence electrons. The summed E-state index contributed by atoms with van der Waals surface area (Å²) < 4.78 is 1.75. The number of carboxylic acids is 1. The molecule has 0 spiro atoms. The molecule has 0 saturated heterocycles. The molecule has 0 aromatic carbocycles. The highest BCUT2D eigenvalue weighted by Gasteiger charge is 2.20. The maximum absolute atomic E-state index is 10.9. The van der Waals surface area contributed by atoms with Gasteiger partial charge in [-0.15, -0.1) is 0 Å². The van der Waals surface area contributed by atoms with Crippen LogP contribution in [0.5, 0.6) is 0 Å². The van der Waals surface area contributed by atoms with E-state index in [0.29, 0.717) is 0 Å². The molecule has 1 unspecified atom stereocenters. The zero-order valence-corrected chi connectivity index (χ0v) is 8.71. The van der Waals surface area contributed by atoms with Crippen LogP contribution in [0.25, 0.3) is 0 Å². The van der Waals surface area contributed by atoms with Crippen LogP contribution in [0.4, 0.5) is 0 Å². The van der Waals surface area contributed by atoms with Crippen molar-refractivity contribution in [1.29, 1.82) is 0 Å². The van der Waals surface area contributed by atoms with Crippen LogP contribution in [0.1, 0.15) is 12.6 Å². The predicted molar refractivity (Wildman–Crippen MR) is 53.2 cm³/mol. The van der Waals surface area contributed by atoms with Gasteiger partial charge in [0.15, 0.2) is 0 Å². The van der Waals surface area contributed by atoms with Gasteiger partial charge in [-0.25, -0.2) is 4.98 Å². The Morgan fingerprint density at radius 3 is 2.80 bits per heavy atom. The van der Waals surface area contributed by atoms with E-state index in [0.717, 1.165) is 5.69 Å². The molecule has 15 heavy (non-hydrogen) atoms. The quantitative estimate of drug-likeness (QED) is 0.565. The number of carboxylic acid groups (broad SMARTS) is 1. The van der Waals surface area contributed by atoms with Crippen molar-refractivity contribution in [1.82, 2.24) is 14.9 Å². The molecule has 0 aliphatic carbocycles. The second-order valence-corrected chi connectivity index (χ2v) is 3.43. The minimum atomic E-state index is -0.989. The van der Waals surface area contributed by atoms with Crippen LogP contribution in [0, 0.1) is 0 Å². The van der Waals surface area contributed by atoms with Crippen LogP contribution in [-0.2, 0) is 18.3 Å². The molecule has 0 aliphatic heterocycles. The van der Waals surface area contributed by atoms with Crippen molar-refractivity contribution in [3.05, 3.63) is 18.2 Å². The van der Waals surface area contributed by atoms with Crippen LogP contribution in [0.2, 0.25) is 0 Å². The number of hydrogen-bond donors (Lipinski definition) is 3. The lowest BCUT2D eigenvalue weighted by Gasteiger charge is -2.16. The Bertz CT molecular complexity index is 335. The highest BCUT2D eigenvalue weighted by molar-refractivity contribution is 5.73. The largest absolute Gasteiger partial charge is 0.480 e. The molecule has 3 N–H and O–H groups in total. The normalized spacial score (nSPS) is 14.9. The molecule has 1 heterocycles. The highest BCUT2D eigenvalue weighted by Crippen LogP contribution is 2.02. The number of aryl methyl sites for hydroxylation is 1. The van der Waals surface area contributed by atoms with Crippen molar-refractivity contribution in [2.75, 3.05) is 0 Å². The molecule has 6 heteroatoms. The minimum Gasteiger partial charge on any atom is -0.480 e. The van der Waals surface area contributed by atoms with E-state index in [9.17, 15) is 4.79 Å². The molecule has 1 aromatic rings. The van der Waals surface area contributed by atoms with Gasteiger partial charge in [-0.05, 0) is 6.92 Å². The van der Waals surface area contributed by atoms with Crippen molar-refractivity contribution in [2.24, 2.45) is 7.05 Å². The Hall–Kier alpha value is -1.40. The summed E-state index contributed by atoms with van der Waals surface area (Å²) in [5.74, 6) is -0.989. The monoisotopic (exact) mass is 213 g/mol. The van der Waals surface area contributed by atoms with E-state index < -0.39 is 18.2 Å². The molecule has 0 amide bonds. The number of hydrogen-bond acceptors (Lipinski definition) is 4. The number of aromatic nitrogens is 2. The molecular weight excluding hydrogens is 198 g/mol. The molecule has 1 rings (SSSR count). The van der Waals surface area contributed by atoms with Crippen LogP contribution < -0.4 is 5.32 Å². The van der Waals surface area contributed by atoms with Gasteiger partial charge in [0.2, 0.25) is 0 Å². The zero-order valence-electron chi connectivity index (χ0n) is 8.71. The Balaban J connectivity index is 2.67. The standard InChI is InChI=1S/C9H15N3O3/c1-6(13)11-8(9(14)15)3-7-4-10-5-12(7)2/h4-6,8,11,13H,3H2,1-2H3,(H,14,15)/t6?,8-/m0/s1. The van der Waals surface area contributed by atoms with E-state index in [1.54, 1.807) is 24.1 Å². The van der Waals surface area contributed by atoms with Gasteiger partial charge in [0.25, 0.3) is 0 Å². The van der Waals surface area contributed by atoms with Crippen molar-refractivity contribution < 1.29 is 15.0 Å².